The Morgan fingerprint density at radius 3 is 2.37 bits per heavy atom. The molecule has 1 aromatic carbocycles. The van der Waals surface area contributed by atoms with Crippen LogP contribution in [0, 0.1) is 5.41 Å². The summed E-state index contributed by atoms with van der Waals surface area (Å²) in [5.41, 5.74) is 0.740. The number of carbonyl (C=O) groups is 1. The molecule has 19 heavy (non-hydrogen) atoms. The molecule has 0 fully saturated rings. The van der Waals surface area contributed by atoms with Crippen molar-refractivity contribution in [3.63, 3.8) is 0 Å². The Bertz CT molecular complexity index is 409. The van der Waals surface area contributed by atoms with Gasteiger partial charge in [0.1, 0.15) is 0 Å². The maximum absolute atomic E-state index is 11.8. The van der Waals surface area contributed by atoms with Gasteiger partial charge in [-0.3, -0.25) is 4.79 Å². The Morgan fingerprint density at radius 2 is 1.89 bits per heavy atom. The van der Waals surface area contributed by atoms with Crippen LogP contribution in [0.15, 0.2) is 24.3 Å². The van der Waals surface area contributed by atoms with Crippen molar-refractivity contribution in [3.8, 4) is 0 Å². The van der Waals surface area contributed by atoms with Gasteiger partial charge in [-0.25, -0.2) is 0 Å². The summed E-state index contributed by atoms with van der Waals surface area (Å²) < 4.78 is 10.0. The first-order valence-electron chi connectivity index (χ1n) is 6.36. The molecule has 1 aromatic rings. The summed E-state index contributed by atoms with van der Waals surface area (Å²) in [6, 6.07) is 7.37. The predicted octanol–water partition coefficient (Wildman–Crippen LogP) is 2.46. The molecule has 0 bridgehead atoms. The standard InChI is InChI=1S/C15H22O4/c1-5-19-14(17)15(2,3)13(16)12-8-6-11(7-9-12)10-18-4/h6-9,13,16H,5,10H2,1-4H3. The van der Waals surface area contributed by atoms with Crippen LogP contribution in [0.2, 0.25) is 0 Å². The minimum Gasteiger partial charge on any atom is -0.465 e. The Balaban J connectivity index is 2.86. The Hall–Kier alpha value is -1.39. The molecule has 0 amide bonds. The lowest BCUT2D eigenvalue weighted by Crippen LogP contribution is -2.33. The molecule has 1 atom stereocenters. The number of esters is 1. The monoisotopic (exact) mass is 266 g/mol. The second kappa shape index (κ2) is 6.68. The highest BCUT2D eigenvalue weighted by molar-refractivity contribution is 5.77. The van der Waals surface area contributed by atoms with E-state index in [1.54, 1.807) is 40.0 Å². The van der Waals surface area contributed by atoms with Gasteiger partial charge in [0, 0.05) is 7.11 Å². The lowest BCUT2D eigenvalue weighted by Gasteiger charge is -2.28. The number of aliphatic hydroxyl groups is 1. The largest absolute Gasteiger partial charge is 0.465 e. The van der Waals surface area contributed by atoms with Crippen molar-refractivity contribution in [2.24, 2.45) is 5.41 Å². The van der Waals surface area contributed by atoms with E-state index in [2.05, 4.69) is 0 Å². The minimum atomic E-state index is -0.973. The molecule has 0 heterocycles. The van der Waals surface area contributed by atoms with Gasteiger partial charge >= 0.3 is 5.97 Å². The first-order chi connectivity index (χ1) is 8.93. The van der Waals surface area contributed by atoms with Crippen molar-refractivity contribution in [1.29, 1.82) is 0 Å². The van der Waals surface area contributed by atoms with Crippen LogP contribution >= 0.6 is 0 Å². The van der Waals surface area contributed by atoms with Gasteiger partial charge < -0.3 is 14.6 Å². The molecule has 1 unspecified atom stereocenters. The molecule has 0 aliphatic carbocycles. The fourth-order valence-corrected chi connectivity index (χ4v) is 1.81. The molecular weight excluding hydrogens is 244 g/mol. The zero-order valence-corrected chi connectivity index (χ0v) is 12.0. The number of hydrogen-bond acceptors (Lipinski definition) is 4. The molecule has 4 nitrogen and oxygen atoms in total. The number of benzene rings is 1. The van der Waals surface area contributed by atoms with Gasteiger partial charge in [0.15, 0.2) is 0 Å². The fourth-order valence-electron chi connectivity index (χ4n) is 1.81. The van der Waals surface area contributed by atoms with Crippen LogP contribution in [0.3, 0.4) is 0 Å². The maximum Gasteiger partial charge on any atom is 0.314 e. The van der Waals surface area contributed by atoms with E-state index >= 15 is 0 Å². The number of aliphatic hydroxyl groups excluding tert-OH is 1. The quantitative estimate of drug-likeness (QED) is 0.804. The molecule has 4 heteroatoms. The Morgan fingerprint density at radius 1 is 1.32 bits per heavy atom. The molecule has 0 radical (unpaired) electrons. The SMILES string of the molecule is CCOC(=O)C(C)(C)C(O)c1ccc(COC)cc1. The second-order valence-corrected chi connectivity index (χ2v) is 5.02. The van der Waals surface area contributed by atoms with Crippen LogP contribution in [-0.4, -0.2) is 24.8 Å². The van der Waals surface area contributed by atoms with Crippen LogP contribution in [0.25, 0.3) is 0 Å². The summed E-state index contributed by atoms with van der Waals surface area (Å²) in [5.74, 6) is -0.400. The summed E-state index contributed by atoms with van der Waals surface area (Å²) in [6.45, 7) is 5.94. The van der Waals surface area contributed by atoms with Crippen LogP contribution in [0.5, 0.6) is 0 Å². The number of ether oxygens (including phenoxy) is 2. The Labute approximate surface area is 114 Å². The van der Waals surface area contributed by atoms with E-state index in [1.807, 2.05) is 12.1 Å². The number of rotatable bonds is 6. The average molecular weight is 266 g/mol. The van der Waals surface area contributed by atoms with Gasteiger partial charge in [-0.05, 0) is 31.9 Å². The number of hydrogen-bond donors (Lipinski definition) is 1. The van der Waals surface area contributed by atoms with Crippen molar-refractivity contribution < 1.29 is 19.4 Å². The first kappa shape index (κ1) is 15.7. The van der Waals surface area contributed by atoms with Gasteiger partial charge in [0.25, 0.3) is 0 Å². The third-order valence-corrected chi connectivity index (χ3v) is 3.09. The lowest BCUT2D eigenvalue weighted by molar-refractivity contribution is -0.160. The predicted molar refractivity (Wildman–Crippen MR) is 72.5 cm³/mol. The highest BCUT2D eigenvalue weighted by Crippen LogP contribution is 2.34. The van der Waals surface area contributed by atoms with E-state index in [0.717, 1.165) is 5.56 Å². The smallest absolute Gasteiger partial charge is 0.314 e. The van der Waals surface area contributed by atoms with Gasteiger partial charge in [0.05, 0.1) is 24.7 Å². The average Bonchev–Trinajstić information content (AvgIpc) is 2.39. The third kappa shape index (κ3) is 3.78. The summed E-state index contributed by atoms with van der Waals surface area (Å²) >= 11 is 0. The lowest BCUT2D eigenvalue weighted by atomic mass is 9.82. The van der Waals surface area contributed by atoms with E-state index in [4.69, 9.17) is 9.47 Å². The van der Waals surface area contributed by atoms with Crippen LogP contribution < -0.4 is 0 Å². The van der Waals surface area contributed by atoms with Gasteiger partial charge in [0.2, 0.25) is 0 Å². The van der Waals surface area contributed by atoms with Gasteiger partial charge in [-0.1, -0.05) is 24.3 Å². The molecule has 0 aromatic heterocycles. The highest BCUT2D eigenvalue weighted by atomic mass is 16.5. The molecule has 0 aliphatic rings. The van der Waals surface area contributed by atoms with Crippen LogP contribution in [0.1, 0.15) is 38.0 Å². The molecule has 0 saturated carbocycles. The normalized spacial score (nSPS) is 13.1. The fraction of sp³-hybridized carbons (Fsp3) is 0.533. The topological polar surface area (TPSA) is 55.8 Å². The van der Waals surface area contributed by atoms with E-state index in [9.17, 15) is 9.90 Å². The van der Waals surface area contributed by atoms with Gasteiger partial charge in [-0.15, -0.1) is 0 Å². The van der Waals surface area contributed by atoms with E-state index < -0.39 is 17.5 Å². The Kier molecular flexibility index (Phi) is 5.51. The molecule has 0 spiro atoms. The van der Waals surface area contributed by atoms with Crippen molar-refractivity contribution in [3.05, 3.63) is 35.4 Å². The van der Waals surface area contributed by atoms with Crippen molar-refractivity contribution >= 4 is 5.97 Å². The summed E-state index contributed by atoms with van der Waals surface area (Å²) in [5, 5.41) is 10.3. The summed E-state index contributed by atoms with van der Waals surface area (Å²) in [4.78, 5) is 11.8. The van der Waals surface area contributed by atoms with E-state index in [-0.39, 0.29) is 0 Å². The molecule has 1 rings (SSSR count). The van der Waals surface area contributed by atoms with Crippen LogP contribution in [0.4, 0.5) is 0 Å². The zero-order valence-electron chi connectivity index (χ0n) is 12.0. The van der Waals surface area contributed by atoms with Gasteiger partial charge in [-0.2, -0.15) is 0 Å². The molecule has 1 N–H and O–H groups in total. The molecule has 0 saturated heterocycles. The summed E-state index contributed by atoms with van der Waals surface area (Å²) in [7, 11) is 1.63. The van der Waals surface area contributed by atoms with Crippen molar-refractivity contribution in [2.75, 3.05) is 13.7 Å². The number of methoxy groups -OCH3 is 1. The maximum atomic E-state index is 11.8. The minimum absolute atomic E-state index is 0.307. The molecule has 0 aliphatic heterocycles. The highest BCUT2D eigenvalue weighted by Gasteiger charge is 2.38. The van der Waals surface area contributed by atoms with Crippen molar-refractivity contribution in [1.82, 2.24) is 0 Å². The van der Waals surface area contributed by atoms with E-state index in [0.29, 0.717) is 18.8 Å². The summed E-state index contributed by atoms with van der Waals surface area (Å²) in [6.07, 6.45) is -0.900. The first-order valence-corrected chi connectivity index (χ1v) is 6.36. The third-order valence-electron chi connectivity index (χ3n) is 3.09. The molecule has 106 valence electrons. The molecular formula is C15H22O4. The second-order valence-electron chi connectivity index (χ2n) is 5.02. The number of carbonyl (C=O) groups excluding carboxylic acids is 1. The zero-order chi connectivity index (χ0) is 14.5. The van der Waals surface area contributed by atoms with Crippen LogP contribution in [-0.2, 0) is 20.9 Å². The van der Waals surface area contributed by atoms with E-state index in [1.165, 1.54) is 0 Å². The van der Waals surface area contributed by atoms with Crippen molar-refractivity contribution in [2.45, 2.75) is 33.5 Å².